The Hall–Kier alpha value is -5.46. The largest absolute Gasteiger partial charge is 0.0795 e. The number of benzene rings is 6. The summed E-state index contributed by atoms with van der Waals surface area (Å²) in [6, 6.07) is 27.4. The van der Waals surface area contributed by atoms with Gasteiger partial charge in [-0.25, -0.2) is 0 Å². The molecule has 12 rings (SSSR count). The van der Waals surface area contributed by atoms with Gasteiger partial charge in [0.1, 0.15) is 0 Å². The Morgan fingerprint density at radius 3 is 1.11 bits per heavy atom. The molecule has 63 heavy (non-hydrogen) atoms. The van der Waals surface area contributed by atoms with Gasteiger partial charge in [-0.15, -0.1) is 0 Å². The fraction of sp³-hybridized carbons (Fsp3) is 0.333. The summed E-state index contributed by atoms with van der Waals surface area (Å²) in [5, 5.41) is 8.77. The van der Waals surface area contributed by atoms with Gasteiger partial charge in [0.05, 0.1) is 0 Å². The van der Waals surface area contributed by atoms with Crippen LogP contribution in [-0.4, -0.2) is 0 Å². The van der Waals surface area contributed by atoms with Gasteiger partial charge in [0.2, 0.25) is 0 Å². The Morgan fingerprint density at radius 2 is 0.698 bits per heavy atom. The molecule has 6 aromatic carbocycles. The van der Waals surface area contributed by atoms with Crippen LogP contribution in [0.2, 0.25) is 0 Å². The van der Waals surface area contributed by atoms with E-state index in [1.807, 2.05) is 83.1 Å². The zero-order valence-corrected chi connectivity index (χ0v) is 41.9. The average Bonchev–Trinajstić information content (AvgIpc) is 3.37. The van der Waals surface area contributed by atoms with Crippen LogP contribution in [0.1, 0.15) is 169 Å². The molecule has 6 aliphatic carbocycles. The monoisotopic (exact) mass is 835 g/mol. The molecule has 0 saturated carbocycles. The first-order valence-corrected chi connectivity index (χ1v) is 24.8. The lowest BCUT2D eigenvalue weighted by Crippen LogP contribution is -2.03. The molecule has 0 saturated heterocycles. The van der Waals surface area contributed by atoms with Crippen molar-refractivity contribution in [3.63, 3.8) is 0 Å². The van der Waals surface area contributed by atoms with Crippen molar-refractivity contribution in [1.29, 1.82) is 0 Å². The first-order chi connectivity index (χ1) is 31.0. The van der Waals surface area contributed by atoms with Gasteiger partial charge >= 0.3 is 0 Å². The Labute approximate surface area is 384 Å². The SMILES string of the molecule is CC.CC.CC.CC.CC.CC.Cc1cc2c3c4c(ccc3c1)C=CCC4=CC2.Cc1ccc2c3c4c(ccc13)C=CCC4=CC2.Cc1ccc2c3c4c(ccc13)C=CCC4=CC2. The van der Waals surface area contributed by atoms with Crippen LogP contribution < -0.4 is 0 Å². The maximum absolute atomic E-state index is 2.41. The van der Waals surface area contributed by atoms with Crippen molar-refractivity contribution in [2.45, 2.75) is 142 Å². The van der Waals surface area contributed by atoms with Crippen molar-refractivity contribution in [3.05, 3.63) is 176 Å². The third kappa shape index (κ3) is 10.2. The number of allylic oxidation sites excluding steroid dienone is 9. The molecule has 0 spiro atoms. The summed E-state index contributed by atoms with van der Waals surface area (Å²) < 4.78 is 0. The maximum Gasteiger partial charge on any atom is -0.00647 e. The van der Waals surface area contributed by atoms with Gasteiger partial charge in [0.25, 0.3) is 0 Å². The van der Waals surface area contributed by atoms with E-state index in [1.54, 1.807) is 0 Å². The van der Waals surface area contributed by atoms with Crippen LogP contribution in [-0.2, 0) is 19.3 Å². The van der Waals surface area contributed by atoms with E-state index in [2.05, 4.69) is 148 Å². The molecule has 0 fully saturated rings. The predicted octanol–water partition coefficient (Wildman–Crippen LogP) is 19.7. The van der Waals surface area contributed by atoms with Crippen LogP contribution in [0.4, 0.5) is 0 Å². The molecule has 6 aliphatic rings. The summed E-state index contributed by atoms with van der Waals surface area (Å²) in [4.78, 5) is 0. The van der Waals surface area contributed by atoms with Crippen molar-refractivity contribution in [1.82, 2.24) is 0 Å². The van der Waals surface area contributed by atoms with Gasteiger partial charge in [-0.3, -0.25) is 0 Å². The zero-order chi connectivity index (χ0) is 46.2. The van der Waals surface area contributed by atoms with Crippen LogP contribution >= 0.6 is 0 Å². The van der Waals surface area contributed by atoms with Gasteiger partial charge in [0.15, 0.2) is 0 Å². The molecule has 0 bridgehead atoms. The van der Waals surface area contributed by atoms with Gasteiger partial charge in [-0.2, -0.15) is 0 Å². The molecule has 0 aliphatic heterocycles. The predicted molar refractivity (Wildman–Crippen MR) is 290 cm³/mol. The molecule has 0 heterocycles. The lowest BCUT2D eigenvalue weighted by atomic mass is 9.81. The molecule has 0 radical (unpaired) electrons. The number of hydrogen-bond donors (Lipinski definition) is 0. The van der Waals surface area contributed by atoms with Gasteiger partial charge < -0.3 is 0 Å². The molecule has 0 heteroatoms. The Morgan fingerprint density at radius 1 is 0.333 bits per heavy atom. The molecule has 0 nitrogen and oxygen atoms in total. The molecule has 6 aromatic rings. The molecular weight excluding hydrogens is 757 g/mol. The van der Waals surface area contributed by atoms with E-state index >= 15 is 0 Å². The summed E-state index contributed by atoms with van der Waals surface area (Å²) in [6.45, 7) is 30.6. The first-order valence-electron chi connectivity index (χ1n) is 24.8. The standard InChI is InChI=1S/3C17H14.6C2H6/c1-11-9-14-7-5-12-3-2-4-13-6-8-15(10-11)17(14)16(12)13;2*1-11-5-6-14-8-7-12-3-2-4-13-9-10-15(11)17(14)16(12)13;6*1-2/h2-3,5-7,9-10H,4,8H2,1H3;2*2,4-7,9-10H,3,8H2,1H3;6*1-2H3. The molecule has 0 atom stereocenters. The smallest absolute Gasteiger partial charge is 0.00647 e. The van der Waals surface area contributed by atoms with Gasteiger partial charge in [-0.05, 0) is 170 Å². The highest BCUT2D eigenvalue weighted by Gasteiger charge is 2.22. The fourth-order valence-electron chi connectivity index (χ4n) is 9.55. The van der Waals surface area contributed by atoms with E-state index in [0.717, 1.165) is 38.5 Å². The van der Waals surface area contributed by atoms with Crippen LogP contribution in [0.25, 0.3) is 67.3 Å². The Balaban J connectivity index is 0.000000185. The molecule has 0 N–H and O–H groups in total. The van der Waals surface area contributed by atoms with Gasteiger partial charge in [0, 0.05) is 0 Å². The summed E-state index contributed by atoms with van der Waals surface area (Å²) >= 11 is 0. The topological polar surface area (TPSA) is 0 Å². The Bertz CT molecular complexity index is 2570. The highest BCUT2D eigenvalue weighted by atomic mass is 14.3. The fourth-order valence-corrected chi connectivity index (χ4v) is 9.55. The molecule has 0 aromatic heterocycles. The average molecular weight is 835 g/mol. The van der Waals surface area contributed by atoms with Crippen LogP contribution in [0.3, 0.4) is 0 Å². The second-order valence-corrected chi connectivity index (χ2v) is 15.2. The minimum absolute atomic E-state index is 1.09. The third-order valence-corrected chi connectivity index (χ3v) is 12.0. The number of aryl methyl sites for hydroxylation is 3. The second-order valence-electron chi connectivity index (χ2n) is 15.2. The van der Waals surface area contributed by atoms with Crippen molar-refractivity contribution in [2.75, 3.05) is 0 Å². The van der Waals surface area contributed by atoms with Gasteiger partial charge in [-0.1, -0.05) is 216 Å². The highest BCUT2D eigenvalue weighted by Crippen LogP contribution is 2.43. The summed E-state index contributed by atoms with van der Waals surface area (Å²) in [7, 11) is 0. The van der Waals surface area contributed by atoms with Crippen LogP contribution in [0.15, 0.2) is 109 Å². The highest BCUT2D eigenvalue weighted by molar-refractivity contribution is 6.05. The van der Waals surface area contributed by atoms with Crippen molar-refractivity contribution in [3.8, 4) is 0 Å². The molecule has 330 valence electrons. The normalized spacial score (nSPS) is 13.7. The maximum atomic E-state index is 2.41. The summed E-state index contributed by atoms with van der Waals surface area (Å²) in [5.41, 5.74) is 21.8. The Kier molecular flexibility index (Phi) is 19.4. The van der Waals surface area contributed by atoms with E-state index < -0.39 is 0 Å². The molecule has 0 unspecified atom stereocenters. The second kappa shape index (κ2) is 24.4. The summed E-state index contributed by atoms with van der Waals surface area (Å²) in [6.07, 6.45) is 27.4. The minimum atomic E-state index is 1.09. The molecular formula is C63H78. The van der Waals surface area contributed by atoms with Crippen molar-refractivity contribution >= 4 is 67.3 Å². The van der Waals surface area contributed by atoms with E-state index in [1.165, 1.54) is 116 Å². The van der Waals surface area contributed by atoms with E-state index in [9.17, 15) is 0 Å². The molecule has 0 amide bonds. The van der Waals surface area contributed by atoms with Crippen LogP contribution in [0, 0.1) is 20.8 Å². The third-order valence-electron chi connectivity index (χ3n) is 12.0. The number of hydrogen-bond acceptors (Lipinski definition) is 0. The van der Waals surface area contributed by atoms with E-state index in [0.29, 0.717) is 0 Å². The van der Waals surface area contributed by atoms with E-state index in [-0.39, 0.29) is 0 Å². The first kappa shape index (κ1) is 50.2. The quantitative estimate of drug-likeness (QED) is 0.143. The van der Waals surface area contributed by atoms with Crippen molar-refractivity contribution < 1.29 is 0 Å². The lowest BCUT2D eigenvalue weighted by molar-refractivity contribution is 1.22. The lowest BCUT2D eigenvalue weighted by Gasteiger charge is -2.23. The number of rotatable bonds is 0. The van der Waals surface area contributed by atoms with Crippen molar-refractivity contribution in [2.24, 2.45) is 0 Å². The van der Waals surface area contributed by atoms with Crippen LogP contribution in [0.5, 0.6) is 0 Å². The zero-order valence-electron chi connectivity index (χ0n) is 41.9. The summed E-state index contributed by atoms with van der Waals surface area (Å²) in [5.74, 6) is 0. The van der Waals surface area contributed by atoms with E-state index in [4.69, 9.17) is 0 Å². The minimum Gasteiger partial charge on any atom is -0.0795 e.